The molecule has 1 saturated heterocycles. The minimum atomic E-state index is 0.408. The Hall–Kier alpha value is -0.570. The average molecular weight is 236 g/mol. The summed E-state index contributed by atoms with van der Waals surface area (Å²) in [5.41, 5.74) is 0. The van der Waals surface area contributed by atoms with Gasteiger partial charge in [0.15, 0.2) is 0 Å². The van der Waals surface area contributed by atoms with E-state index in [1.807, 2.05) is 11.9 Å². The molecule has 1 amide bonds. The van der Waals surface area contributed by atoms with E-state index in [9.17, 15) is 4.79 Å². The zero-order valence-electron chi connectivity index (χ0n) is 10.8. The molecule has 0 aromatic carbocycles. The lowest BCUT2D eigenvalue weighted by molar-refractivity contribution is -0.132. The van der Waals surface area contributed by atoms with Gasteiger partial charge in [-0.2, -0.15) is 0 Å². The van der Waals surface area contributed by atoms with Crippen LogP contribution in [0, 0.1) is 23.7 Å². The summed E-state index contributed by atoms with van der Waals surface area (Å²) in [6.07, 6.45) is 6.51. The van der Waals surface area contributed by atoms with Crippen LogP contribution in [0.3, 0.4) is 0 Å². The molecule has 96 valence electrons. The number of hydrogen-bond acceptors (Lipinski definition) is 2. The fourth-order valence-electron chi connectivity index (χ4n) is 4.00. The summed E-state index contributed by atoms with van der Waals surface area (Å²) in [5, 5.41) is 3.43. The maximum absolute atomic E-state index is 12.3. The molecule has 1 N–H and O–H groups in total. The monoisotopic (exact) mass is 236 g/mol. The van der Waals surface area contributed by atoms with Crippen LogP contribution >= 0.6 is 0 Å². The Balaban J connectivity index is 1.48. The number of rotatable bonds is 3. The number of carbonyl (C=O) groups is 1. The molecule has 1 heterocycles. The van der Waals surface area contributed by atoms with Crippen LogP contribution in [-0.4, -0.2) is 37.5 Å². The van der Waals surface area contributed by atoms with Gasteiger partial charge >= 0.3 is 0 Å². The number of fused-ring (bicyclic) bond motifs is 1. The molecule has 2 saturated carbocycles. The smallest absolute Gasteiger partial charge is 0.226 e. The van der Waals surface area contributed by atoms with Crippen molar-refractivity contribution in [3.63, 3.8) is 0 Å². The van der Waals surface area contributed by atoms with Crippen LogP contribution in [0.25, 0.3) is 0 Å². The molecule has 0 bridgehead atoms. The molecule has 0 aromatic heterocycles. The first-order valence-corrected chi connectivity index (χ1v) is 7.23. The lowest BCUT2D eigenvalue weighted by Gasteiger charge is -2.28. The highest BCUT2D eigenvalue weighted by atomic mass is 16.2. The molecular weight excluding hydrogens is 212 g/mol. The van der Waals surface area contributed by atoms with Gasteiger partial charge in [0, 0.05) is 19.5 Å². The Bertz CT molecular complexity index is 289. The predicted molar refractivity (Wildman–Crippen MR) is 67.6 cm³/mol. The van der Waals surface area contributed by atoms with Crippen molar-refractivity contribution in [2.75, 3.05) is 26.7 Å². The van der Waals surface area contributed by atoms with Crippen molar-refractivity contribution in [2.45, 2.75) is 32.1 Å². The van der Waals surface area contributed by atoms with Gasteiger partial charge in [-0.1, -0.05) is 6.42 Å². The first kappa shape index (κ1) is 11.5. The number of carbonyl (C=O) groups excluding carboxylic acids is 1. The van der Waals surface area contributed by atoms with Crippen LogP contribution in [-0.2, 0) is 4.79 Å². The molecule has 3 aliphatic rings. The second-order valence-electron chi connectivity index (χ2n) is 6.22. The molecule has 0 aromatic rings. The largest absolute Gasteiger partial charge is 0.345 e. The number of piperidine rings is 1. The van der Waals surface area contributed by atoms with Crippen molar-refractivity contribution in [1.82, 2.24) is 10.2 Å². The van der Waals surface area contributed by atoms with Crippen molar-refractivity contribution >= 4 is 5.91 Å². The molecule has 3 fully saturated rings. The molecule has 0 radical (unpaired) electrons. The average Bonchev–Trinajstić information content (AvgIpc) is 2.82. The van der Waals surface area contributed by atoms with E-state index in [1.54, 1.807) is 0 Å². The quantitative estimate of drug-likeness (QED) is 0.805. The third-order valence-corrected chi connectivity index (χ3v) is 5.00. The summed E-state index contributed by atoms with van der Waals surface area (Å²) >= 11 is 0. The Morgan fingerprint density at radius 2 is 2.00 bits per heavy atom. The molecule has 3 rings (SSSR count). The molecule has 1 aliphatic heterocycles. The van der Waals surface area contributed by atoms with Crippen molar-refractivity contribution in [1.29, 1.82) is 0 Å². The molecule has 2 aliphatic carbocycles. The molecule has 3 atom stereocenters. The topological polar surface area (TPSA) is 32.3 Å². The molecule has 3 nitrogen and oxygen atoms in total. The standard InChI is InChI=1S/C14H24N2O/c1-16(9-10-4-3-7-15-8-10)14(17)13-11-5-2-6-12(11)13/h10-13,15H,2-9H2,1H3. The van der Waals surface area contributed by atoms with E-state index < -0.39 is 0 Å². The van der Waals surface area contributed by atoms with Crippen molar-refractivity contribution in [2.24, 2.45) is 23.7 Å². The maximum atomic E-state index is 12.3. The lowest BCUT2D eigenvalue weighted by atomic mass is 9.99. The second kappa shape index (κ2) is 4.60. The Kier molecular flexibility index (Phi) is 3.12. The normalized spacial score (nSPS) is 39.8. The highest BCUT2D eigenvalue weighted by Crippen LogP contribution is 2.58. The van der Waals surface area contributed by atoms with Gasteiger partial charge in [0.1, 0.15) is 0 Å². The van der Waals surface area contributed by atoms with E-state index in [0.717, 1.165) is 31.5 Å². The van der Waals surface area contributed by atoms with Gasteiger partial charge in [-0.15, -0.1) is 0 Å². The number of amides is 1. The van der Waals surface area contributed by atoms with Crippen LogP contribution in [0.4, 0.5) is 0 Å². The van der Waals surface area contributed by atoms with Crippen LogP contribution < -0.4 is 5.32 Å². The molecular formula is C14H24N2O. The van der Waals surface area contributed by atoms with E-state index in [-0.39, 0.29) is 0 Å². The van der Waals surface area contributed by atoms with Gasteiger partial charge in [0.25, 0.3) is 0 Å². The van der Waals surface area contributed by atoms with Crippen molar-refractivity contribution in [3.8, 4) is 0 Å². The Morgan fingerprint density at radius 3 is 2.65 bits per heavy atom. The fraction of sp³-hybridized carbons (Fsp3) is 0.929. The van der Waals surface area contributed by atoms with Gasteiger partial charge in [-0.05, 0) is 56.5 Å². The van der Waals surface area contributed by atoms with E-state index >= 15 is 0 Å². The minimum Gasteiger partial charge on any atom is -0.345 e. The van der Waals surface area contributed by atoms with E-state index in [4.69, 9.17) is 0 Å². The first-order valence-electron chi connectivity index (χ1n) is 7.23. The lowest BCUT2D eigenvalue weighted by Crippen LogP contribution is -2.40. The number of nitrogens with one attached hydrogen (secondary N) is 1. The third kappa shape index (κ3) is 2.22. The second-order valence-corrected chi connectivity index (χ2v) is 6.22. The highest BCUT2D eigenvalue weighted by Gasteiger charge is 2.57. The van der Waals surface area contributed by atoms with E-state index in [2.05, 4.69) is 5.32 Å². The van der Waals surface area contributed by atoms with E-state index in [0.29, 0.717) is 17.7 Å². The summed E-state index contributed by atoms with van der Waals surface area (Å²) in [7, 11) is 2.00. The van der Waals surface area contributed by atoms with Crippen LogP contribution in [0.5, 0.6) is 0 Å². The van der Waals surface area contributed by atoms with Gasteiger partial charge in [0.05, 0.1) is 0 Å². The first-order chi connectivity index (χ1) is 8.27. The molecule has 17 heavy (non-hydrogen) atoms. The SMILES string of the molecule is CN(CC1CCCNC1)C(=O)C1C2CCCC21. The Labute approximate surface area is 104 Å². The number of hydrogen-bond donors (Lipinski definition) is 1. The highest BCUT2D eigenvalue weighted by molar-refractivity contribution is 5.82. The maximum Gasteiger partial charge on any atom is 0.226 e. The predicted octanol–water partition coefficient (Wildman–Crippen LogP) is 1.49. The van der Waals surface area contributed by atoms with Crippen LogP contribution in [0.1, 0.15) is 32.1 Å². The third-order valence-electron chi connectivity index (χ3n) is 5.00. The summed E-state index contributed by atoms with van der Waals surface area (Å²) in [6, 6.07) is 0. The zero-order chi connectivity index (χ0) is 11.8. The fourth-order valence-corrected chi connectivity index (χ4v) is 4.00. The van der Waals surface area contributed by atoms with Crippen LogP contribution in [0.2, 0.25) is 0 Å². The van der Waals surface area contributed by atoms with Crippen molar-refractivity contribution < 1.29 is 4.79 Å². The van der Waals surface area contributed by atoms with Gasteiger partial charge in [-0.3, -0.25) is 4.79 Å². The zero-order valence-corrected chi connectivity index (χ0v) is 10.8. The summed E-state index contributed by atoms with van der Waals surface area (Å²) < 4.78 is 0. The van der Waals surface area contributed by atoms with E-state index in [1.165, 1.54) is 32.1 Å². The molecule has 0 spiro atoms. The van der Waals surface area contributed by atoms with Gasteiger partial charge in [-0.25, -0.2) is 0 Å². The summed E-state index contributed by atoms with van der Waals surface area (Å²) in [4.78, 5) is 14.3. The van der Waals surface area contributed by atoms with Crippen LogP contribution in [0.15, 0.2) is 0 Å². The van der Waals surface area contributed by atoms with Crippen molar-refractivity contribution in [3.05, 3.63) is 0 Å². The minimum absolute atomic E-state index is 0.408. The summed E-state index contributed by atoms with van der Waals surface area (Å²) in [6.45, 7) is 3.21. The summed E-state index contributed by atoms with van der Waals surface area (Å²) in [5.74, 6) is 3.04. The van der Waals surface area contributed by atoms with Gasteiger partial charge in [0.2, 0.25) is 5.91 Å². The number of nitrogens with zero attached hydrogens (tertiary/aromatic N) is 1. The Morgan fingerprint density at radius 1 is 1.24 bits per heavy atom. The molecule has 3 heteroatoms. The molecule has 3 unspecified atom stereocenters. The van der Waals surface area contributed by atoms with Gasteiger partial charge < -0.3 is 10.2 Å².